The number of aryl methyl sites for hydroxylation is 1. The normalized spacial score (nSPS) is 14.3. The number of carbonyl (C=O) groups is 3. The number of carboxylic acids is 1. The van der Waals surface area contributed by atoms with E-state index in [1.54, 1.807) is 24.1 Å². The average molecular weight is 386 g/mol. The number of rotatable bonds is 6. The van der Waals surface area contributed by atoms with Gasteiger partial charge < -0.3 is 20.1 Å². The van der Waals surface area contributed by atoms with Crippen LogP contribution in [-0.2, 0) is 9.59 Å². The maximum Gasteiger partial charge on any atom is 0.322 e. The van der Waals surface area contributed by atoms with Crippen LogP contribution in [0.4, 0.5) is 0 Å². The first-order valence-corrected chi connectivity index (χ1v) is 8.05. The van der Waals surface area contributed by atoms with Gasteiger partial charge in [0.1, 0.15) is 12.3 Å². The predicted octanol–water partition coefficient (Wildman–Crippen LogP) is 0.384. The van der Waals surface area contributed by atoms with Crippen molar-refractivity contribution in [3.63, 3.8) is 0 Å². The third-order valence-corrected chi connectivity index (χ3v) is 4.12. The van der Waals surface area contributed by atoms with E-state index in [9.17, 15) is 14.4 Å². The van der Waals surface area contributed by atoms with Gasteiger partial charge in [-0.25, -0.2) is 0 Å². The molecular weight excluding hydrogens is 362 g/mol. The molecule has 0 atom stereocenters. The number of halogens is 1. The molecule has 0 aliphatic carbocycles. The van der Waals surface area contributed by atoms with E-state index < -0.39 is 5.97 Å². The van der Waals surface area contributed by atoms with Crippen LogP contribution in [0.3, 0.4) is 0 Å². The zero-order chi connectivity index (χ0) is 18.4. The Hall–Kier alpha value is -2.32. The molecule has 0 spiro atoms. The minimum Gasteiger partial charge on any atom is -0.496 e. The van der Waals surface area contributed by atoms with Gasteiger partial charge >= 0.3 is 5.97 Å². The fraction of sp³-hybridized carbons (Fsp3) is 0.471. The van der Waals surface area contributed by atoms with Gasteiger partial charge in [0, 0.05) is 31.7 Å². The van der Waals surface area contributed by atoms with Crippen molar-refractivity contribution in [2.24, 2.45) is 0 Å². The molecule has 0 aromatic heterocycles. The van der Waals surface area contributed by atoms with E-state index in [0.717, 1.165) is 5.56 Å². The Morgan fingerprint density at radius 3 is 2.42 bits per heavy atom. The van der Waals surface area contributed by atoms with Gasteiger partial charge in [0.2, 0.25) is 5.91 Å². The van der Waals surface area contributed by atoms with Crippen LogP contribution in [-0.4, -0.2) is 79.1 Å². The Labute approximate surface area is 158 Å². The van der Waals surface area contributed by atoms with Gasteiger partial charge in [0.05, 0.1) is 13.7 Å². The van der Waals surface area contributed by atoms with Crippen LogP contribution >= 0.6 is 12.4 Å². The molecule has 26 heavy (non-hydrogen) atoms. The Kier molecular flexibility index (Phi) is 8.34. The lowest BCUT2D eigenvalue weighted by molar-refractivity contribution is -0.138. The SMILES string of the molecule is COc1cc(C(=O)N2CCN(CC(=O)NCC(=O)O)CC2)ccc1C.Cl. The Morgan fingerprint density at radius 2 is 1.85 bits per heavy atom. The number of benzene rings is 1. The summed E-state index contributed by atoms with van der Waals surface area (Å²) in [7, 11) is 1.57. The summed E-state index contributed by atoms with van der Waals surface area (Å²) in [5.74, 6) is -0.782. The minimum absolute atomic E-state index is 0. The number of hydrogen-bond acceptors (Lipinski definition) is 5. The fourth-order valence-corrected chi connectivity index (χ4v) is 2.68. The highest BCUT2D eigenvalue weighted by Crippen LogP contribution is 2.20. The zero-order valence-electron chi connectivity index (χ0n) is 14.9. The molecule has 2 amide bonds. The van der Waals surface area contributed by atoms with Gasteiger partial charge in [0.15, 0.2) is 0 Å². The first-order valence-electron chi connectivity index (χ1n) is 8.05. The summed E-state index contributed by atoms with van der Waals surface area (Å²) in [5.41, 5.74) is 1.55. The molecule has 0 radical (unpaired) electrons. The van der Waals surface area contributed by atoms with E-state index in [1.807, 2.05) is 17.9 Å². The Morgan fingerprint density at radius 1 is 1.19 bits per heavy atom. The largest absolute Gasteiger partial charge is 0.496 e. The van der Waals surface area contributed by atoms with E-state index in [0.29, 0.717) is 37.5 Å². The standard InChI is InChI=1S/C17H23N3O5.ClH/c1-12-3-4-13(9-14(12)25-2)17(24)20-7-5-19(6-8-20)11-15(21)18-10-16(22)23;/h3-4,9H,5-8,10-11H2,1-2H3,(H,18,21)(H,22,23);1H. The minimum atomic E-state index is -1.07. The van der Waals surface area contributed by atoms with Crippen LogP contribution in [0.5, 0.6) is 5.75 Å². The predicted molar refractivity (Wildman–Crippen MR) is 98.0 cm³/mol. The van der Waals surface area contributed by atoms with Crippen molar-refractivity contribution < 1.29 is 24.2 Å². The lowest BCUT2D eigenvalue weighted by Gasteiger charge is -2.34. The smallest absolute Gasteiger partial charge is 0.322 e. The summed E-state index contributed by atoms with van der Waals surface area (Å²) in [6.45, 7) is 3.83. The molecule has 0 saturated carbocycles. The second kappa shape index (κ2) is 9.98. The summed E-state index contributed by atoms with van der Waals surface area (Å²) >= 11 is 0. The lowest BCUT2D eigenvalue weighted by atomic mass is 10.1. The fourth-order valence-electron chi connectivity index (χ4n) is 2.68. The van der Waals surface area contributed by atoms with E-state index in [-0.39, 0.29) is 37.3 Å². The molecule has 144 valence electrons. The highest BCUT2D eigenvalue weighted by atomic mass is 35.5. The number of aliphatic carboxylic acids is 1. The average Bonchev–Trinajstić information content (AvgIpc) is 2.60. The third-order valence-electron chi connectivity index (χ3n) is 4.12. The van der Waals surface area contributed by atoms with Gasteiger partial charge in [-0.2, -0.15) is 0 Å². The van der Waals surface area contributed by atoms with E-state index in [1.165, 1.54) is 0 Å². The highest BCUT2D eigenvalue weighted by Gasteiger charge is 2.23. The van der Waals surface area contributed by atoms with Gasteiger partial charge in [0.25, 0.3) is 5.91 Å². The molecule has 1 aromatic rings. The summed E-state index contributed by atoms with van der Waals surface area (Å²) in [6, 6.07) is 5.38. The second-order valence-corrected chi connectivity index (χ2v) is 5.92. The third kappa shape index (κ3) is 5.89. The Balaban J connectivity index is 0.00000338. The summed E-state index contributed by atoms with van der Waals surface area (Å²) < 4.78 is 5.26. The number of ether oxygens (including phenoxy) is 1. The summed E-state index contributed by atoms with van der Waals surface area (Å²) in [6.07, 6.45) is 0. The summed E-state index contributed by atoms with van der Waals surface area (Å²) in [5, 5.41) is 10.9. The number of methoxy groups -OCH3 is 1. The molecule has 1 saturated heterocycles. The maximum absolute atomic E-state index is 12.6. The molecule has 9 heteroatoms. The molecule has 8 nitrogen and oxygen atoms in total. The van der Waals surface area contributed by atoms with Gasteiger partial charge in [-0.3, -0.25) is 19.3 Å². The molecule has 1 fully saturated rings. The van der Waals surface area contributed by atoms with E-state index in [4.69, 9.17) is 9.84 Å². The number of carboxylic acid groups (broad SMARTS) is 1. The first-order chi connectivity index (χ1) is 11.9. The number of hydrogen-bond donors (Lipinski definition) is 2. The quantitative estimate of drug-likeness (QED) is 0.734. The summed E-state index contributed by atoms with van der Waals surface area (Å²) in [4.78, 5) is 38.3. The number of nitrogens with zero attached hydrogens (tertiary/aromatic N) is 2. The molecular formula is C17H24ClN3O5. The van der Waals surface area contributed by atoms with Gasteiger partial charge in [-0.1, -0.05) is 6.07 Å². The van der Waals surface area contributed by atoms with Crippen LogP contribution in [0.15, 0.2) is 18.2 Å². The first kappa shape index (κ1) is 21.7. The van der Waals surface area contributed by atoms with Crippen LogP contribution in [0, 0.1) is 6.92 Å². The Bertz CT molecular complexity index is 660. The molecule has 0 bridgehead atoms. The van der Waals surface area contributed by atoms with Crippen LogP contribution in [0.1, 0.15) is 15.9 Å². The maximum atomic E-state index is 12.6. The van der Waals surface area contributed by atoms with Crippen molar-refractivity contribution in [1.82, 2.24) is 15.1 Å². The molecule has 0 unspecified atom stereocenters. The lowest BCUT2D eigenvalue weighted by Crippen LogP contribution is -2.51. The number of amides is 2. The molecule has 1 aliphatic heterocycles. The second-order valence-electron chi connectivity index (χ2n) is 5.92. The van der Waals surface area contributed by atoms with Crippen LogP contribution in [0.2, 0.25) is 0 Å². The number of nitrogens with one attached hydrogen (secondary N) is 1. The van der Waals surface area contributed by atoms with E-state index in [2.05, 4.69) is 5.32 Å². The zero-order valence-corrected chi connectivity index (χ0v) is 15.7. The van der Waals surface area contributed by atoms with Crippen LogP contribution in [0.25, 0.3) is 0 Å². The molecule has 1 aliphatic rings. The van der Waals surface area contributed by atoms with Crippen molar-refractivity contribution in [2.45, 2.75) is 6.92 Å². The molecule has 2 rings (SSSR count). The number of carbonyl (C=O) groups excluding carboxylic acids is 2. The number of piperazine rings is 1. The van der Waals surface area contributed by atoms with Gasteiger partial charge in [-0.15, -0.1) is 12.4 Å². The molecule has 2 N–H and O–H groups in total. The van der Waals surface area contributed by atoms with Crippen LogP contribution < -0.4 is 10.1 Å². The molecule has 1 heterocycles. The van der Waals surface area contributed by atoms with E-state index >= 15 is 0 Å². The van der Waals surface area contributed by atoms with Gasteiger partial charge in [-0.05, 0) is 24.6 Å². The monoisotopic (exact) mass is 385 g/mol. The topological polar surface area (TPSA) is 99.2 Å². The highest BCUT2D eigenvalue weighted by molar-refractivity contribution is 5.94. The van der Waals surface area contributed by atoms with Crippen molar-refractivity contribution >= 4 is 30.2 Å². The van der Waals surface area contributed by atoms with Crippen molar-refractivity contribution in [2.75, 3.05) is 46.4 Å². The van der Waals surface area contributed by atoms with Crippen molar-refractivity contribution in [1.29, 1.82) is 0 Å². The van der Waals surface area contributed by atoms with Crippen molar-refractivity contribution in [3.8, 4) is 5.75 Å². The molecule has 1 aromatic carbocycles. The van der Waals surface area contributed by atoms with Crippen molar-refractivity contribution in [3.05, 3.63) is 29.3 Å².